The number of sulfonamides is 1. The molecule has 23 heavy (non-hydrogen) atoms. The van der Waals surface area contributed by atoms with E-state index in [1.807, 2.05) is 13.8 Å². The Morgan fingerprint density at radius 2 is 1.91 bits per heavy atom. The van der Waals surface area contributed by atoms with Crippen LogP contribution in [-0.2, 0) is 14.8 Å². The zero-order valence-electron chi connectivity index (χ0n) is 14.0. The number of ether oxygens (including phenoxy) is 1. The van der Waals surface area contributed by atoms with Gasteiger partial charge in [0.25, 0.3) is 0 Å². The molecule has 7 nitrogen and oxygen atoms in total. The van der Waals surface area contributed by atoms with Crippen LogP contribution in [0.25, 0.3) is 0 Å². The molecular formula is C15H23N3O4S. The van der Waals surface area contributed by atoms with Crippen molar-refractivity contribution in [1.82, 2.24) is 14.6 Å². The summed E-state index contributed by atoms with van der Waals surface area (Å²) in [6.45, 7) is 8.84. The van der Waals surface area contributed by atoms with Gasteiger partial charge in [0.15, 0.2) is 0 Å². The van der Waals surface area contributed by atoms with Crippen molar-refractivity contribution in [2.45, 2.75) is 63.7 Å². The summed E-state index contributed by atoms with van der Waals surface area (Å²) in [6.07, 6.45) is 2.66. The number of carbonyl (C=O) groups is 1. The van der Waals surface area contributed by atoms with E-state index in [1.54, 1.807) is 20.8 Å². The van der Waals surface area contributed by atoms with Gasteiger partial charge in [0.1, 0.15) is 16.7 Å². The summed E-state index contributed by atoms with van der Waals surface area (Å²) in [6, 6.07) is 0.0404. The Hall–Kier alpha value is -1.67. The summed E-state index contributed by atoms with van der Waals surface area (Å²) in [7, 11) is -3.85. The second-order valence-electron chi connectivity index (χ2n) is 6.07. The normalized spacial score (nSPS) is 26.2. The van der Waals surface area contributed by atoms with Crippen LogP contribution in [-0.4, -0.2) is 47.8 Å². The third kappa shape index (κ3) is 3.48. The standard InChI is InChI=1S/C15H23N3O4S/c1-9(2)22-13-6-14(8-16-7-13)23(20,21)18-11(4)10(3)17-15(19)12(18)5/h6-12H,1-5H3,(H,17,19). The molecule has 3 atom stereocenters. The Morgan fingerprint density at radius 1 is 1.26 bits per heavy atom. The van der Waals surface area contributed by atoms with Crippen LogP contribution in [0.3, 0.4) is 0 Å². The van der Waals surface area contributed by atoms with E-state index in [0.717, 1.165) is 0 Å². The molecule has 0 aliphatic carbocycles. The van der Waals surface area contributed by atoms with Gasteiger partial charge in [-0.15, -0.1) is 0 Å². The SMILES string of the molecule is CC(C)Oc1cncc(S(=O)(=O)N2C(C)C(=O)NC(C)C2C)c1. The van der Waals surface area contributed by atoms with Gasteiger partial charge >= 0.3 is 0 Å². The van der Waals surface area contributed by atoms with E-state index >= 15 is 0 Å². The highest BCUT2D eigenvalue weighted by Gasteiger charge is 2.43. The summed E-state index contributed by atoms with van der Waals surface area (Å²) in [5.41, 5.74) is 0. The fourth-order valence-corrected chi connectivity index (χ4v) is 4.41. The van der Waals surface area contributed by atoms with E-state index in [0.29, 0.717) is 5.75 Å². The molecule has 2 rings (SSSR count). The van der Waals surface area contributed by atoms with Crippen molar-refractivity contribution in [2.24, 2.45) is 0 Å². The Balaban J connectivity index is 2.42. The lowest BCUT2D eigenvalue weighted by Crippen LogP contribution is -2.64. The van der Waals surface area contributed by atoms with Gasteiger partial charge in [0.05, 0.1) is 12.3 Å². The molecule has 0 radical (unpaired) electrons. The topological polar surface area (TPSA) is 88.6 Å². The van der Waals surface area contributed by atoms with Crippen LogP contribution in [0.2, 0.25) is 0 Å². The first-order chi connectivity index (χ1) is 10.6. The predicted molar refractivity (Wildman–Crippen MR) is 85.6 cm³/mol. The molecule has 1 amide bonds. The molecule has 1 fully saturated rings. The number of aromatic nitrogens is 1. The Morgan fingerprint density at radius 3 is 2.52 bits per heavy atom. The number of pyridine rings is 1. The van der Waals surface area contributed by atoms with Gasteiger partial charge in [0.2, 0.25) is 15.9 Å². The lowest BCUT2D eigenvalue weighted by Gasteiger charge is -2.40. The highest BCUT2D eigenvalue weighted by atomic mass is 32.2. The molecule has 1 saturated heterocycles. The van der Waals surface area contributed by atoms with Crippen LogP contribution in [0.15, 0.2) is 23.4 Å². The quantitative estimate of drug-likeness (QED) is 0.887. The van der Waals surface area contributed by atoms with Crippen LogP contribution in [0.1, 0.15) is 34.6 Å². The molecular weight excluding hydrogens is 318 g/mol. The first-order valence-corrected chi connectivity index (χ1v) is 9.04. The average molecular weight is 341 g/mol. The minimum absolute atomic E-state index is 0.0243. The smallest absolute Gasteiger partial charge is 0.245 e. The van der Waals surface area contributed by atoms with Gasteiger partial charge in [-0.05, 0) is 34.6 Å². The number of hydrogen-bond acceptors (Lipinski definition) is 5. The summed E-state index contributed by atoms with van der Waals surface area (Å²) < 4.78 is 32.7. The van der Waals surface area contributed by atoms with Crippen molar-refractivity contribution in [3.8, 4) is 5.75 Å². The maximum atomic E-state index is 13.0. The Labute approximate surface area is 137 Å². The molecule has 0 spiro atoms. The van der Waals surface area contributed by atoms with E-state index in [9.17, 15) is 13.2 Å². The molecule has 1 aliphatic heterocycles. The fourth-order valence-electron chi connectivity index (χ4n) is 2.58. The van der Waals surface area contributed by atoms with Crippen LogP contribution in [0.5, 0.6) is 5.75 Å². The van der Waals surface area contributed by atoms with Gasteiger partial charge in [-0.25, -0.2) is 8.42 Å². The number of nitrogens with one attached hydrogen (secondary N) is 1. The molecule has 1 aromatic heterocycles. The van der Waals surface area contributed by atoms with E-state index in [4.69, 9.17) is 4.74 Å². The van der Waals surface area contributed by atoms with Gasteiger partial charge in [-0.2, -0.15) is 4.31 Å². The number of nitrogens with zero attached hydrogens (tertiary/aromatic N) is 2. The highest BCUT2D eigenvalue weighted by molar-refractivity contribution is 7.89. The van der Waals surface area contributed by atoms with Gasteiger partial charge in [-0.1, -0.05) is 0 Å². The zero-order chi connectivity index (χ0) is 17.4. The largest absolute Gasteiger partial charge is 0.489 e. The van der Waals surface area contributed by atoms with Gasteiger partial charge in [-0.3, -0.25) is 9.78 Å². The fraction of sp³-hybridized carbons (Fsp3) is 0.600. The lowest BCUT2D eigenvalue weighted by atomic mass is 10.1. The number of amides is 1. The van der Waals surface area contributed by atoms with Crippen molar-refractivity contribution in [2.75, 3.05) is 0 Å². The van der Waals surface area contributed by atoms with E-state index in [1.165, 1.54) is 22.8 Å². The van der Waals surface area contributed by atoms with Crippen molar-refractivity contribution in [1.29, 1.82) is 0 Å². The molecule has 1 N–H and O–H groups in total. The second kappa shape index (κ2) is 6.45. The van der Waals surface area contributed by atoms with E-state index in [2.05, 4.69) is 10.3 Å². The highest BCUT2D eigenvalue weighted by Crippen LogP contribution is 2.27. The van der Waals surface area contributed by atoms with Crippen molar-refractivity contribution in [3.63, 3.8) is 0 Å². The molecule has 128 valence electrons. The molecule has 1 aromatic rings. The number of rotatable bonds is 4. The van der Waals surface area contributed by atoms with Gasteiger partial charge in [0, 0.05) is 24.3 Å². The van der Waals surface area contributed by atoms with Crippen LogP contribution in [0.4, 0.5) is 0 Å². The minimum Gasteiger partial charge on any atom is -0.489 e. The molecule has 0 saturated carbocycles. The molecule has 0 aromatic carbocycles. The second-order valence-corrected chi connectivity index (χ2v) is 7.91. The average Bonchev–Trinajstić information content (AvgIpc) is 2.45. The van der Waals surface area contributed by atoms with E-state index in [-0.39, 0.29) is 29.0 Å². The number of piperazine rings is 1. The summed E-state index contributed by atoms with van der Waals surface area (Å²) in [5, 5.41) is 2.78. The van der Waals surface area contributed by atoms with Gasteiger partial charge < -0.3 is 10.1 Å². The number of hydrogen-bond donors (Lipinski definition) is 1. The summed E-state index contributed by atoms with van der Waals surface area (Å²) in [4.78, 5) is 16.0. The van der Waals surface area contributed by atoms with Crippen LogP contribution < -0.4 is 10.1 Å². The Bertz CT molecular complexity index is 690. The van der Waals surface area contributed by atoms with E-state index < -0.39 is 16.1 Å². The first-order valence-electron chi connectivity index (χ1n) is 7.60. The first kappa shape index (κ1) is 17.7. The minimum atomic E-state index is -3.85. The van der Waals surface area contributed by atoms with Crippen molar-refractivity contribution in [3.05, 3.63) is 18.5 Å². The number of carbonyl (C=O) groups excluding carboxylic acids is 1. The summed E-state index contributed by atoms with van der Waals surface area (Å²) in [5.74, 6) is 0.0811. The molecule has 3 unspecified atom stereocenters. The maximum absolute atomic E-state index is 13.0. The third-order valence-corrected chi connectivity index (χ3v) is 5.91. The zero-order valence-corrected chi connectivity index (χ0v) is 14.8. The monoisotopic (exact) mass is 341 g/mol. The third-order valence-electron chi connectivity index (χ3n) is 3.89. The van der Waals surface area contributed by atoms with Crippen molar-refractivity contribution < 1.29 is 17.9 Å². The molecule has 0 bridgehead atoms. The molecule has 1 aliphatic rings. The molecule has 2 heterocycles. The lowest BCUT2D eigenvalue weighted by molar-refractivity contribution is -0.128. The van der Waals surface area contributed by atoms with Crippen molar-refractivity contribution >= 4 is 15.9 Å². The van der Waals surface area contributed by atoms with Crippen LogP contribution in [0, 0.1) is 0 Å². The summed E-state index contributed by atoms with van der Waals surface area (Å²) >= 11 is 0. The maximum Gasteiger partial charge on any atom is 0.245 e. The predicted octanol–water partition coefficient (Wildman–Crippen LogP) is 1.15. The molecule has 8 heteroatoms. The Kier molecular flexibility index (Phi) is 4.95. The van der Waals surface area contributed by atoms with Crippen LogP contribution >= 0.6 is 0 Å².